The molecule has 0 saturated carbocycles. The Morgan fingerprint density at radius 1 is 1.33 bits per heavy atom. The molecule has 0 bridgehead atoms. The Morgan fingerprint density at radius 3 is 2.47 bits per heavy atom. The summed E-state index contributed by atoms with van der Waals surface area (Å²) in [6.45, 7) is 6.60. The van der Waals surface area contributed by atoms with Gasteiger partial charge in [-0.25, -0.2) is 0 Å². The molecule has 0 aromatic carbocycles. The summed E-state index contributed by atoms with van der Waals surface area (Å²) in [5.41, 5.74) is 0.888. The van der Waals surface area contributed by atoms with Gasteiger partial charge in [-0.05, 0) is 12.1 Å². The van der Waals surface area contributed by atoms with Crippen LogP contribution in [0.5, 0.6) is 0 Å². The number of rotatable bonds is 3. The van der Waals surface area contributed by atoms with Crippen molar-refractivity contribution in [2.75, 3.05) is 0 Å². The van der Waals surface area contributed by atoms with Crippen LogP contribution in [0, 0.1) is 0 Å². The number of hydrogen-bond donors (Lipinski definition) is 1. The maximum Gasteiger partial charge on any atom is 0.220 e. The first-order valence-electron chi connectivity index (χ1n) is 5.41. The van der Waals surface area contributed by atoms with Gasteiger partial charge in [0.1, 0.15) is 0 Å². The Balaban J connectivity index is 0.000000583. The van der Waals surface area contributed by atoms with Crippen molar-refractivity contribution in [3.63, 3.8) is 0 Å². The van der Waals surface area contributed by atoms with Crippen LogP contribution in [0.4, 0.5) is 0 Å². The van der Waals surface area contributed by atoms with E-state index in [1.54, 1.807) is 6.20 Å². The van der Waals surface area contributed by atoms with E-state index in [2.05, 4.69) is 24.1 Å². The van der Waals surface area contributed by atoms with Crippen LogP contribution in [-0.4, -0.2) is 10.9 Å². The summed E-state index contributed by atoms with van der Waals surface area (Å²) in [5, 5.41) is 2.75. The van der Waals surface area contributed by atoms with Crippen molar-refractivity contribution >= 4 is 5.91 Å². The lowest BCUT2D eigenvalue weighted by atomic mass is 10.3. The molecule has 1 aromatic heterocycles. The molecule has 84 valence electrons. The summed E-state index contributed by atoms with van der Waals surface area (Å²) in [7, 11) is 0. The number of amides is 1. The Kier molecular flexibility index (Phi) is 8.34. The zero-order chi connectivity index (χ0) is 11.5. The fourth-order valence-electron chi connectivity index (χ4n) is 0.817. The molecule has 0 atom stereocenters. The summed E-state index contributed by atoms with van der Waals surface area (Å²) in [6.07, 6.45) is 3.49. The van der Waals surface area contributed by atoms with Gasteiger partial charge in [-0.3, -0.25) is 9.78 Å². The number of hydrogen-bond acceptors (Lipinski definition) is 2. The van der Waals surface area contributed by atoms with E-state index in [0.717, 1.165) is 5.69 Å². The van der Waals surface area contributed by atoms with E-state index in [-0.39, 0.29) is 5.91 Å². The molecule has 0 saturated heterocycles. The molecule has 1 amide bonds. The summed E-state index contributed by atoms with van der Waals surface area (Å²) < 4.78 is 0. The largest absolute Gasteiger partial charge is 0.350 e. The van der Waals surface area contributed by atoms with Crippen molar-refractivity contribution in [1.29, 1.82) is 0 Å². The first-order chi connectivity index (χ1) is 7.24. The Bertz CT molecular complexity index is 260. The molecule has 0 aliphatic heterocycles. The molecule has 1 rings (SSSR count). The highest BCUT2D eigenvalue weighted by Crippen LogP contribution is 1.91. The fraction of sp³-hybridized carbons (Fsp3) is 0.500. The second-order valence-electron chi connectivity index (χ2n) is 3.16. The van der Waals surface area contributed by atoms with Crippen LogP contribution in [0.1, 0.15) is 39.3 Å². The van der Waals surface area contributed by atoms with Crippen LogP contribution in [0.3, 0.4) is 0 Å². The van der Waals surface area contributed by atoms with Crippen LogP contribution in [0.25, 0.3) is 0 Å². The standard InChI is InChI=1S/C9H12N2O.C3H8/c1-2-9(12)11-7-8-5-3-4-6-10-8;1-3-2/h3-6H,2,7H2,1H3,(H,11,12);3H2,1-2H3. The molecule has 0 unspecified atom stereocenters. The van der Waals surface area contributed by atoms with E-state index in [9.17, 15) is 4.79 Å². The molecule has 1 aromatic rings. The third kappa shape index (κ3) is 7.67. The van der Waals surface area contributed by atoms with Crippen LogP contribution in [0.2, 0.25) is 0 Å². The number of pyridine rings is 1. The Morgan fingerprint density at radius 2 is 2.00 bits per heavy atom. The molecule has 1 heterocycles. The van der Waals surface area contributed by atoms with Crippen molar-refractivity contribution in [3.05, 3.63) is 30.1 Å². The minimum atomic E-state index is 0.0562. The normalized spacial score (nSPS) is 8.73. The first kappa shape index (κ1) is 13.6. The topological polar surface area (TPSA) is 42.0 Å². The minimum Gasteiger partial charge on any atom is -0.350 e. The first-order valence-corrected chi connectivity index (χ1v) is 5.41. The van der Waals surface area contributed by atoms with Gasteiger partial charge in [-0.2, -0.15) is 0 Å². The lowest BCUT2D eigenvalue weighted by Crippen LogP contribution is -2.21. The van der Waals surface area contributed by atoms with Gasteiger partial charge >= 0.3 is 0 Å². The van der Waals surface area contributed by atoms with Crippen molar-refractivity contribution < 1.29 is 4.79 Å². The van der Waals surface area contributed by atoms with Gasteiger partial charge in [0.05, 0.1) is 12.2 Å². The van der Waals surface area contributed by atoms with E-state index in [1.807, 2.05) is 25.1 Å². The summed E-state index contributed by atoms with van der Waals surface area (Å²) in [4.78, 5) is 14.9. The monoisotopic (exact) mass is 208 g/mol. The van der Waals surface area contributed by atoms with Gasteiger partial charge in [0.25, 0.3) is 0 Å². The number of carbonyl (C=O) groups is 1. The van der Waals surface area contributed by atoms with Crippen LogP contribution in [0.15, 0.2) is 24.4 Å². The minimum absolute atomic E-state index is 0.0562. The number of nitrogens with one attached hydrogen (secondary N) is 1. The van der Waals surface area contributed by atoms with Crippen molar-refractivity contribution in [1.82, 2.24) is 10.3 Å². The van der Waals surface area contributed by atoms with Gasteiger partial charge in [0.15, 0.2) is 0 Å². The van der Waals surface area contributed by atoms with Gasteiger partial charge in [-0.1, -0.05) is 33.3 Å². The number of nitrogens with zero attached hydrogens (tertiary/aromatic N) is 1. The summed E-state index contributed by atoms with van der Waals surface area (Å²) in [6, 6.07) is 5.64. The molecule has 0 radical (unpaired) electrons. The molecule has 0 spiro atoms. The van der Waals surface area contributed by atoms with Crippen molar-refractivity contribution in [2.24, 2.45) is 0 Å². The van der Waals surface area contributed by atoms with Gasteiger partial charge in [-0.15, -0.1) is 0 Å². The van der Waals surface area contributed by atoms with Crippen LogP contribution < -0.4 is 5.32 Å². The maximum absolute atomic E-state index is 10.8. The molecule has 3 heteroatoms. The van der Waals surface area contributed by atoms with Crippen LogP contribution in [-0.2, 0) is 11.3 Å². The van der Waals surface area contributed by atoms with E-state index in [1.165, 1.54) is 6.42 Å². The second-order valence-corrected chi connectivity index (χ2v) is 3.16. The second kappa shape index (κ2) is 9.19. The van der Waals surface area contributed by atoms with E-state index >= 15 is 0 Å². The van der Waals surface area contributed by atoms with Crippen LogP contribution >= 0.6 is 0 Å². The highest BCUT2D eigenvalue weighted by atomic mass is 16.1. The molecule has 0 aliphatic rings. The third-order valence-corrected chi connectivity index (χ3v) is 1.51. The lowest BCUT2D eigenvalue weighted by Gasteiger charge is -2.01. The molecular weight excluding hydrogens is 188 g/mol. The molecule has 0 aliphatic carbocycles. The predicted molar refractivity (Wildman–Crippen MR) is 62.3 cm³/mol. The van der Waals surface area contributed by atoms with Gasteiger partial charge in [0.2, 0.25) is 5.91 Å². The highest BCUT2D eigenvalue weighted by Gasteiger charge is 1.96. The summed E-state index contributed by atoms with van der Waals surface area (Å²) in [5.74, 6) is 0.0562. The quantitative estimate of drug-likeness (QED) is 0.829. The van der Waals surface area contributed by atoms with Gasteiger partial charge < -0.3 is 5.32 Å². The lowest BCUT2D eigenvalue weighted by molar-refractivity contribution is -0.120. The zero-order valence-corrected chi connectivity index (χ0v) is 9.79. The summed E-state index contributed by atoms with van der Waals surface area (Å²) >= 11 is 0. The van der Waals surface area contributed by atoms with Gasteiger partial charge in [0, 0.05) is 12.6 Å². The smallest absolute Gasteiger partial charge is 0.220 e. The fourth-order valence-corrected chi connectivity index (χ4v) is 0.817. The zero-order valence-electron chi connectivity index (χ0n) is 9.79. The maximum atomic E-state index is 10.8. The molecule has 1 N–H and O–H groups in total. The average molecular weight is 208 g/mol. The molecule has 3 nitrogen and oxygen atoms in total. The molecule has 15 heavy (non-hydrogen) atoms. The van der Waals surface area contributed by atoms with Crippen molar-refractivity contribution in [3.8, 4) is 0 Å². The highest BCUT2D eigenvalue weighted by molar-refractivity contribution is 5.75. The van der Waals surface area contributed by atoms with E-state index in [0.29, 0.717) is 13.0 Å². The number of carbonyl (C=O) groups excluding carboxylic acids is 1. The van der Waals surface area contributed by atoms with E-state index in [4.69, 9.17) is 0 Å². The Labute approximate surface area is 91.9 Å². The molecular formula is C12H20N2O. The van der Waals surface area contributed by atoms with Crippen molar-refractivity contribution in [2.45, 2.75) is 40.2 Å². The number of aromatic nitrogens is 1. The van der Waals surface area contributed by atoms with E-state index < -0.39 is 0 Å². The predicted octanol–water partition coefficient (Wildman–Crippen LogP) is 2.52. The SMILES string of the molecule is CCC.CCC(=O)NCc1ccccn1. The Hall–Kier alpha value is -1.38. The molecule has 0 fully saturated rings. The third-order valence-electron chi connectivity index (χ3n) is 1.51. The average Bonchev–Trinajstić information content (AvgIpc) is 2.28.